The summed E-state index contributed by atoms with van der Waals surface area (Å²) < 4.78 is 4.74. The Labute approximate surface area is 177 Å². The smallest absolute Gasteiger partial charge is 0.337 e. The lowest BCUT2D eigenvalue weighted by Gasteiger charge is -2.40. The first-order valence-electron chi connectivity index (χ1n) is 9.34. The van der Waals surface area contributed by atoms with Gasteiger partial charge >= 0.3 is 11.9 Å². The molecule has 8 heteroatoms. The van der Waals surface area contributed by atoms with Gasteiger partial charge in [0.1, 0.15) is 11.9 Å². The van der Waals surface area contributed by atoms with Crippen molar-refractivity contribution in [3.63, 3.8) is 0 Å². The van der Waals surface area contributed by atoms with E-state index in [-0.39, 0.29) is 12.3 Å². The van der Waals surface area contributed by atoms with Crippen LogP contribution in [0.3, 0.4) is 0 Å². The summed E-state index contributed by atoms with van der Waals surface area (Å²) in [6.07, 6.45) is 0.175. The third kappa shape index (κ3) is 3.21. The van der Waals surface area contributed by atoms with Crippen molar-refractivity contribution in [1.82, 2.24) is 9.88 Å². The van der Waals surface area contributed by atoms with Gasteiger partial charge in [0.05, 0.1) is 18.7 Å². The van der Waals surface area contributed by atoms with E-state index in [0.29, 0.717) is 11.1 Å². The van der Waals surface area contributed by atoms with Crippen LogP contribution in [0.15, 0.2) is 48.5 Å². The molecule has 154 valence electrons. The van der Waals surface area contributed by atoms with Crippen LogP contribution < -0.4 is 0 Å². The lowest BCUT2D eigenvalue weighted by Crippen LogP contribution is -2.52. The number of rotatable bonds is 4. The molecule has 1 aliphatic rings. The maximum atomic E-state index is 12.8. The first-order chi connectivity index (χ1) is 14.5. The number of carboxylic acids is 1. The van der Waals surface area contributed by atoms with Gasteiger partial charge in [-0.15, -0.1) is 11.6 Å². The van der Waals surface area contributed by atoms with Crippen molar-refractivity contribution < 1.29 is 24.2 Å². The number of ether oxygens (including phenoxy) is 1. The molecule has 0 aliphatic carbocycles. The Hall–Kier alpha value is -3.32. The van der Waals surface area contributed by atoms with Crippen molar-refractivity contribution in [3.8, 4) is 0 Å². The summed E-state index contributed by atoms with van der Waals surface area (Å²) >= 11 is 5.84. The van der Waals surface area contributed by atoms with Crippen LogP contribution in [-0.2, 0) is 20.7 Å². The molecular weight excluding hydrogens is 408 g/mol. The van der Waals surface area contributed by atoms with Crippen molar-refractivity contribution in [2.75, 3.05) is 13.0 Å². The fraction of sp³-hybridized carbons (Fsp3) is 0.227. The number of hydrogen-bond donors (Lipinski definition) is 2. The molecule has 0 saturated carbocycles. The van der Waals surface area contributed by atoms with Gasteiger partial charge in [0, 0.05) is 23.0 Å². The SMILES string of the molecule is COC(=O)c1ccc(C2c3[nH]c4ccccc4c3CC(C(=O)O)N2C(=O)CCl)cc1. The highest BCUT2D eigenvalue weighted by Gasteiger charge is 2.43. The quantitative estimate of drug-likeness (QED) is 0.493. The molecule has 2 atom stereocenters. The number of H-pyrrole nitrogens is 1. The Morgan fingerprint density at radius 1 is 1.17 bits per heavy atom. The third-order valence-corrected chi connectivity index (χ3v) is 5.70. The summed E-state index contributed by atoms with van der Waals surface area (Å²) in [6, 6.07) is 12.5. The topological polar surface area (TPSA) is 99.7 Å². The lowest BCUT2D eigenvalue weighted by atomic mass is 9.87. The second kappa shape index (κ2) is 7.84. The van der Waals surface area contributed by atoms with Crippen LogP contribution in [0.4, 0.5) is 0 Å². The number of methoxy groups -OCH3 is 1. The highest BCUT2D eigenvalue weighted by Crippen LogP contribution is 2.41. The van der Waals surface area contributed by atoms with Crippen LogP contribution in [0.25, 0.3) is 10.9 Å². The molecule has 0 fully saturated rings. The van der Waals surface area contributed by atoms with Crippen LogP contribution >= 0.6 is 11.6 Å². The molecule has 2 aromatic carbocycles. The molecule has 2 N–H and O–H groups in total. The third-order valence-electron chi connectivity index (χ3n) is 5.47. The first-order valence-corrected chi connectivity index (χ1v) is 9.87. The molecule has 30 heavy (non-hydrogen) atoms. The second-order valence-electron chi connectivity index (χ2n) is 7.07. The van der Waals surface area contributed by atoms with Crippen molar-refractivity contribution in [2.45, 2.75) is 18.5 Å². The molecule has 1 aromatic heterocycles. The van der Waals surface area contributed by atoms with Crippen molar-refractivity contribution >= 4 is 40.3 Å². The first kappa shape index (κ1) is 20.0. The summed E-state index contributed by atoms with van der Waals surface area (Å²) in [5, 5.41) is 10.8. The van der Waals surface area contributed by atoms with E-state index in [1.807, 2.05) is 24.3 Å². The lowest BCUT2D eigenvalue weighted by molar-refractivity contribution is -0.151. The fourth-order valence-corrected chi connectivity index (χ4v) is 4.26. The number of alkyl halides is 1. The zero-order valence-corrected chi connectivity index (χ0v) is 16.8. The predicted octanol–water partition coefficient (Wildman–Crippen LogP) is 3.12. The number of aliphatic carboxylic acids is 1. The van der Waals surface area contributed by atoms with Gasteiger partial charge in [0.15, 0.2) is 0 Å². The second-order valence-corrected chi connectivity index (χ2v) is 7.34. The number of aromatic amines is 1. The van der Waals surface area contributed by atoms with Gasteiger partial charge in [-0.1, -0.05) is 30.3 Å². The van der Waals surface area contributed by atoms with Crippen LogP contribution in [0.2, 0.25) is 0 Å². The molecule has 0 radical (unpaired) electrons. The van der Waals surface area contributed by atoms with Crippen LogP contribution in [-0.4, -0.2) is 51.9 Å². The Kier molecular flexibility index (Phi) is 5.22. The summed E-state index contributed by atoms with van der Waals surface area (Å²) in [5.41, 5.74) is 3.50. The van der Waals surface area contributed by atoms with Gasteiger partial charge in [-0.2, -0.15) is 0 Å². The van der Waals surface area contributed by atoms with Gasteiger partial charge in [0.2, 0.25) is 5.91 Å². The number of esters is 1. The summed E-state index contributed by atoms with van der Waals surface area (Å²) in [6.45, 7) is 0. The minimum absolute atomic E-state index is 0.175. The normalized spacial score (nSPS) is 18.1. The molecule has 1 amide bonds. The molecule has 0 spiro atoms. The van der Waals surface area contributed by atoms with E-state index >= 15 is 0 Å². The Morgan fingerprint density at radius 3 is 2.50 bits per heavy atom. The van der Waals surface area contributed by atoms with Crippen LogP contribution in [0.5, 0.6) is 0 Å². The van der Waals surface area contributed by atoms with Crippen LogP contribution in [0.1, 0.15) is 33.2 Å². The number of fused-ring (bicyclic) bond motifs is 3. The van der Waals surface area contributed by atoms with Gasteiger partial charge in [0.25, 0.3) is 0 Å². The van der Waals surface area contributed by atoms with E-state index in [1.54, 1.807) is 24.3 Å². The molecule has 7 nitrogen and oxygen atoms in total. The number of carbonyl (C=O) groups is 3. The molecule has 0 bridgehead atoms. The van der Waals surface area contributed by atoms with E-state index in [0.717, 1.165) is 22.2 Å². The molecule has 3 aromatic rings. The van der Waals surface area contributed by atoms with Gasteiger partial charge in [-0.3, -0.25) is 4.79 Å². The molecule has 4 rings (SSSR count). The monoisotopic (exact) mass is 426 g/mol. The minimum Gasteiger partial charge on any atom is -0.480 e. The number of amides is 1. The fourth-order valence-electron chi connectivity index (χ4n) is 4.12. The molecule has 1 aliphatic heterocycles. The predicted molar refractivity (Wildman–Crippen MR) is 111 cm³/mol. The Morgan fingerprint density at radius 2 is 1.87 bits per heavy atom. The molecule has 2 unspecified atom stereocenters. The molecular formula is C22H19ClN2O5. The number of carbonyl (C=O) groups excluding carboxylic acids is 2. The number of hydrogen-bond acceptors (Lipinski definition) is 4. The zero-order valence-electron chi connectivity index (χ0n) is 16.1. The maximum Gasteiger partial charge on any atom is 0.337 e. The van der Waals surface area contributed by atoms with E-state index in [4.69, 9.17) is 16.3 Å². The van der Waals surface area contributed by atoms with E-state index in [1.165, 1.54) is 12.0 Å². The standard InChI is InChI=1S/C22H19ClN2O5/c1-30-22(29)13-8-6-12(7-9-13)20-19-15(14-4-2-3-5-16(14)24-19)10-17(21(27)28)25(20)18(26)11-23/h2-9,17,20,24H,10-11H2,1H3,(H,27,28). The average molecular weight is 427 g/mol. The van der Waals surface area contributed by atoms with E-state index in [9.17, 15) is 19.5 Å². The number of aromatic nitrogens is 1. The number of nitrogens with zero attached hydrogens (tertiary/aromatic N) is 1. The highest BCUT2D eigenvalue weighted by atomic mass is 35.5. The molecule has 0 saturated heterocycles. The van der Waals surface area contributed by atoms with Gasteiger partial charge < -0.3 is 19.7 Å². The number of para-hydroxylation sites is 1. The summed E-state index contributed by atoms with van der Waals surface area (Å²) in [4.78, 5) is 41.3. The highest BCUT2D eigenvalue weighted by molar-refractivity contribution is 6.27. The largest absolute Gasteiger partial charge is 0.480 e. The van der Waals surface area contributed by atoms with Crippen molar-refractivity contribution in [1.29, 1.82) is 0 Å². The van der Waals surface area contributed by atoms with Crippen molar-refractivity contribution in [2.24, 2.45) is 0 Å². The van der Waals surface area contributed by atoms with Crippen LogP contribution in [0, 0.1) is 0 Å². The number of benzene rings is 2. The van der Waals surface area contributed by atoms with E-state index in [2.05, 4.69) is 4.98 Å². The Bertz CT molecular complexity index is 1140. The minimum atomic E-state index is -1.10. The van der Waals surface area contributed by atoms with Gasteiger partial charge in [-0.05, 0) is 29.3 Å². The van der Waals surface area contributed by atoms with Gasteiger partial charge in [-0.25, -0.2) is 9.59 Å². The number of carboxylic acid groups (broad SMARTS) is 1. The molecule has 2 heterocycles. The average Bonchev–Trinajstić information content (AvgIpc) is 3.15. The summed E-state index contributed by atoms with van der Waals surface area (Å²) in [7, 11) is 1.30. The number of halogens is 1. The summed E-state index contributed by atoms with van der Waals surface area (Å²) in [5.74, 6) is -2.39. The maximum absolute atomic E-state index is 12.8. The van der Waals surface area contributed by atoms with E-state index < -0.39 is 29.9 Å². The number of nitrogens with one attached hydrogen (secondary N) is 1. The zero-order chi connectivity index (χ0) is 21.4. The van der Waals surface area contributed by atoms with Crippen molar-refractivity contribution in [3.05, 3.63) is 70.9 Å². The Balaban J connectivity index is 1.92.